The number of ether oxygens (including phenoxy) is 2. The quantitative estimate of drug-likeness (QED) is 0.385. The van der Waals surface area contributed by atoms with Crippen molar-refractivity contribution in [3.05, 3.63) is 70.2 Å². The van der Waals surface area contributed by atoms with E-state index in [1.54, 1.807) is 17.9 Å². The SMILES string of the molecule is COC(=O)C1CC(Oc2ccc(C(F)F)cc2NC(=O)N2CC[C@](c3ccc(C)c(F)c3)(c3ncns3)C2)C1. The van der Waals surface area contributed by atoms with Gasteiger partial charge in [0.2, 0.25) is 0 Å². The number of methoxy groups -OCH3 is 1. The normalized spacial score (nSPS) is 22.5. The third-order valence-corrected chi connectivity index (χ3v) is 8.34. The summed E-state index contributed by atoms with van der Waals surface area (Å²) in [6.07, 6.45) is -0.277. The predicted molar refractivity (Wildman–Crippen MR) is 138 cm³/mol. The molecule has 2 amide bonds. The van der Waals surface area contributed by atoms with Gasteiger partial charge < -0.3 is 19.7 Å². The van der Waals surface area contributed by atoms with Gasteiger partial charge in [0.25, 0.3) is 6.43 Å². The zero-order valence-corrected chi connectivity index (χ0v) is 22.1. The molecule has 0 bridgehead atoms. The van der Waals surface area contributed by atoms with Crippen LogP contribution in [0.15, 0.2) is 42.7 Å². The number of halogens is 3. The molecule has 8 nitrogen and oxygen atoms in total. The summed E-state index contributed by atoms with van der Waals surface area (Å²) >= 11 is 1.19. The van der Waals surface area contributed by atoms with Gasteiger partial charge in [0.05, 0.1) is 24.1 Å². The van der Waals surface area contributed by atoms with Crippen LogP contribution in [0.5, 0.6) is 5.75 Å². The fraction of sp³-hybridized carbons (Fsp3) is 0.407. The van der Waals surface area contributed by atoms with Crippen LogP contribution in [0.3, 0.4) is 0 Å². The molecule has 3 aromatic rings. The molecule has 1 saturated heterocycles. The first-order chi connectivity index (χ1) is 18.7. The molecule has 1 aliphatic carbocycles. The highest BCUT2D eigenvalue weighted by atomic mass is 32.1. The van der Waals surface area contributed by atoms with E-state index in [0.717, 1.165) is 0 Å². The second-order valence-electron chi connectivity index (χ2n) is 9.88. The Morgan fingerprint density at radius 3 is 2.67 bits per heavy atom. The lowest BCUT2D eigenvalue weighted by Gasteiger charge is -2.34. The van der Waals surface area contributed by atoms with E-state index in [4.69, 9.17) is 9.47 Å². The Bertz CT molecular complexity index is 1370. The van der Waals surface area contributed by atoms with Gasteiger partial charge in [0.1, 0.15) is 29.0 Å². The Morgan fingerprint density at radius 1 is 1.21 bits per heavy atom. The number of carbonyl (C=O) groups excluding carboxylic acids is 2. The highest BCUT2D eigenvalue weighted by molar-refractivity contribution is 7.05. The fourth-order valence-electron chi connectivity index (χ4n) is 5.07. The number of hydrogen-bond donors (Lipinski definition) is 1. The van der Waals surface area contributed by atoms with Crippen molar-refractivity contribution < 1.29 is 32.2 Å². The van der Waals surface area contributed by atoms with Crippen molar-refractivity contribution >= 4 is 29.2 Å². The molecule has 39 heavy (non-hydrogen) atoms. The number of rotatable bonds is 7. The Labute approximate surface area is 227 Å². The fourth-order valence-corrected chi connectivity index (χ4v) is 5.82. The van der Waals surface area contributed by atoms with Gasteiger partial charge in [-0.3, -0.25) is 4.79 Å². The number of likely N-dealkylation sites (tertiary alicyclic amines) is 1. The number of benzene rings is 2. The van der Waals surface area contributed by atoms with Crippen molar-refractivity contribution in [1.29, 1.82) is 0 Å². The van der Waals surface area contributed by atoms with Crippen LogP contribution >= 0.6 is 11.5 Å². The lowest BCUT2D eigenvalue weighted by atomic mass is 9.80. The maximum Gasteiger partial charge on any atom is 0.321 e. The summed E-state index contributed by atoms with van der Waals surface area (Å²) in [4.78, 5) is 31.0. The number of nitrogens with zero attached hydrogens (tertiary/aromatic N) is 3. The van der Waals surface area contributed by atoms with Crippen molar-refractivity contribution in [1.82, 2.24) is 14.3 Å². The Hall–Kier alpha value is -3.67. The Morgan fingerprint density at radius 2 is 2.00 bits per heavy atom. The number of anilines is 1. The van der Waals surface area contributed by atoms with Gasteiger partial charge in [-0.15, -0.1) is 0 Å². The minimum atomic E-state index is -2.74. The Balaban J connectivity index is 1.36. The van der Waals surface area contributed by atoms with Gasteiger partial charge in [-0.05, 0) is 73.1 Å². The highest BCUT2D eigenvalue weighted by Crippen LogP contribution is 2.42. The zero-order chi connectivity index (χ0) is 27.7. The first-order valence-electron chi connectivity index (χ1n) is 12.5. The third kappa shape index (κ3) is 5.29. The van der Waals surface area contributed by atoms with Gasteiger partial charge >= 0.3 is 12.0 Å². The summed E-state index contributed by atoms with van der Waals surface area (Å²) in [5.74, 6) is -0.715. The first-order valence-corrected chi connectivity index (χ1v) is 13.2. The maximum absolute atomic E-state index is 14.5. The van der Waals surface area contributed by atoms with Crippen LogP contribution in [0.25, 0.3) is 0 Å². The average Bonchev–Trinajstić information content (AvgIpc) is 3.59. The van der Waals surface area contributed by atoms with Crippen LogP contribution in [0, 0.1) is 18.7 Å². The minimum absolute atomic E-state index is 0.106. The predicted octanol–water partition coefficient (Wildman–Crippen LogP) is 5.48. The van der Waals surface area contributed by atoms with E-state index in [-0.39, 0.29) is 47.4 Å². The van der Waals surface area contributed by atoms with Crippen molar-refractivity contribution in [3.8, 4) is 5.75 Å². The summed E-state index contributed by atoms with van der Waals surface area (Å²) in [6, 6.07) is 8.32. The van der Waals surface area contributed by atoms with E-state index in [0.29, 0.717) is 41.9 Å². The summed E-state index contributed by atoms with van der Waals surface area (Å²) in [5.41, 5.74) is 0.278. The topological polar surface area (TPSA) is 93.6 Å². The van der Waals surface area contributed by atoms with E-state index < -0.39 is 17.9 Å². The van der Waals surface area contributed by atoms with E-state index in [9.17, 15) is 22.8 Å². The van der Waals surface area contributed by atoms with Crippen LogP contribution in [0.4, 0.5) is 23.7 Å². The lowest BCUT2D eigenvalue weighted by Crippen LogP contribution is -2.39. The number of urea groups is 1. The molecule has 0 radical (unpaired) electrons. The molecule has 12 heteroatoms. The first kappa shape index (κ1) is 26.9. The van der Waals surface area contributed by atoms with Crippen molar-refractivity contribution in [2.75, 3.05) is 25.5 Å². The number of esters is 1. The van der Waals surface area contributed by atoms with Crippen LogP contribution in [-0.4, -0.2) is 52.6 Å². The largest absolute Gasteiger partial charge is 0.488 e. The molecular weight excluding hydrogens is 533 g/mol. The van der Waals surface area contributed by atoms with Crippen molar-refractivity contribution in [2.45, 2.75) is 44.1 Å². The van der Waals surface area contributed by atoms with Crippen LogP contribution < -0.4 is 10.1 Å². The number of alkyl halides is 2. The second kappa shape index (κ2) is 10.8. The number of nitrogens with one attached hydrogen (secondary N) is 1. The molecule has 0 unspecified atom stereocenters. The summed E-state index contributed by atoms with van der Waals surface area (Å²) in [5, 5.41) is 3.39. The molecule has 2 aliphatic rings. The van der Waals surface area contributed by atoms with E-state index in [1.165, 1.54) is 49.2 Å². The summed E-state index contributed by atoms with van der Waals surface area (Å²) in [6.45, 7) is 2.21. The molecule has 206 valence electrons. The standard InChI is InChI=1S/C27H27F3N4O4S/c1-15-3-5-18(12-20(15)28)27(25-31-14-32-39-25)7-8-34(13-27)26(36)33-21-11-16(23(29)30)4-6-22(21)38-19-9-17(10-19)24(35)37-2/h3-6,11-12,14,17,19,23H,7-10,13H2,1-2H3,(H,33,36)/t17?,19?,27-/m0/s1. The molecule has 1 aromatic heterocycles. The highest BCUT2D eigenvalue weighted by Gasteiger charge is 2.45. The molecule has 1 aliphatic heterocycles. The molecule has 1 atom stereocenters. The van der Waals surface area contributed by atoms with Gasteiger partial charge in [0, 0.05) is 18.7 Å². The van der Waals surface area contributed by atoms with Gasteiger partial charge in [-0.1, -0.05) is 12.1 Å². The van der Waals surface area contributed by atoms with Crippen molar-refractivity contribution in [3.63, 3.8) is 0 Å². The number of carbonyl (C=O) groups is 2. The molecule has 1 saturated carbocycles. The minimum Gasteiger partial charge on any atom is -0.488 e. The number of aryl methyl sites for hydroxylation is 1. The Kier molecular flexibility index (Phi) is 7.48. The number of amides is 2. The third-order valence-electron chi connectivity index (χ3n) is 7.47. The van der Waals surface area contributed by atoms with Gasteiger partial charge in [0.15, 0.2) is 0 Å². The number of aromatic nitrogens is 2. The van der Waals surface area contributed by atoms with Crippen LogP contribution in [-0.2, 0) is 14.9 Å². The molecule has 0 spiro atoms. The monoisotopic (exact) mass is 560 g/mol. The zero-order valence-electron chi connectivity index (χ0n) is 21.3. The van der Waals surface area contributed by atoms with Gasteiger partial charge in [-0.2, -0.15) is 4.37 Å². The van der Waals surface area contributed by atoms with E-state index in [1.807, 2.05) is 6.07 Å². The average molecular weight is 561 g/mol. The summed E-state index contributed by atoms with van der Waals surface area (Å²) in [7, 11) is 1.32. The van der Waals surface area contributed by atoms with E-state index in [2.05, 4.69) is 14.7 Å². The van der Waals surface area contributed by atoms with Gasteiger partial charge in [-0.25, -0.2) is 22.9 Å². The molecular formula is C27H27F3N4O4S. The second-order valence-corrected chi connectivity index (χ2v) is 10.7. The smallest absolute Gasteiger partial charge is 0.321 e. The molecule has 2 fully saturated rings. The van der Waals surface area contributed by atoms with Crippen molar-refractivity contribution in [2.24, 2.45) is 5.92 Å². The van der Waals surface area contributed by atoms with E-state index >= 15 is 0 Å². The maximum atomic E-state index is 14.5. The molecule has 1 N–H and O–H groups in total. The lowest BCUT2D eigenvalue weighted by molar-refractivity contribution is -0.151. The van der Waals surface area contributed by atoms with Crippen LogP contribution in [0.2, 0.25) is 0 Å². The molecule has 2 aromatic carbocycles. The van der Waals surface area contributed by atoms with Crippen LogP contribution in [0.1, 0.15) is 47.4 Å². The number of hydrogen-bond acceptors (Lipinski definition) is 7. The summed E-state index contributed by atoms with van der Waals surface area (Å²) < 4.78 is 56.3. The molecule has 5 rings (SSSR count). The molecule has 2 heterocycles.